The van der Waals surface area contributed by atoms with Gasteiger partial charge in [-0.1, -0.05) is 13.8 Å². The summed E-state index contributed by atoms with van der Waals surface area (Å²) in [6.45, 7) is 4.63. The molecule has 1 heterocycles. The molecular formula is C10H21NO5. The lowest BCUT2D eigenvalue weighted by Gasteiger charge is -2.44. The first-order valence-electron chi connectivity index (χ1n) is 5.61. The lowest BCUT2D eigenvalue weighted by atomic mass is 9.96. The van der Waals surface area contributed by atoms with Crippen LogP contribution in [0.4, 0.5) is 0 Å². The molecule has 1 aliphatic heterocycles. The van der Waals surface area contributed by atoms with Gasteiger partial charge in [0.15, 0.2) is 6.29 Å². The Hall–Kier alpha value is -0.240. The van der Waals surface area contributed by atoms with E-state index in [1.54, 1.807) is 0 Å². The van der Waals surface area contributed by atoms with Gasteiger partial charge in [0.25, 0.3) is 0 Å². The van der Waals surface area contributed by atoms with Gasteiger partial charge in [0.2, 0.25) is 0 Å². The van der Waals surface area contributed by atoms with Gasteiger partial charge >= 0.3 is 0 Å². The summed E-state index contributed by atoms with van der Waals surface area (Å²) in [4.78, 5) is 1.81. The molecule has 1 fully saturated rings. The first-order valence-corrected chi connectivity index (χ1v) is 5.61. The Bertz CT molecular complexity index is 211. The number of aliphatic hydroxyl groups excluding tert-OH is 4. The Kier molecular flexibility index (Phi) is 5.10. The molecule has 6 heteroatoms. The van der Waals surface area contributed by atoms with Gasteiger partial charge in [-0.15, -0.1) is 0 Å². The van der Waals surface area contributed by atoms with E-state index in [4.69, 9.17) is 9.84 Å². The molecule has 0 radical (unpaired) electrons. The summed E-state index contributed by atoms with van der Waals surface area (Å²) in [5, 5.41) is 38.3. The highest BCUT2D eigenvalue weighted by atomic mass is 16.6. The predicted molar refractivity (Wildman–Crippen MR) is 56.7 cm³/mol. The second-order valence-corrected chi connectivity index (χ2v) is 3.94. The second kappa shape index (κ2) is 5.90. The lowest BCUT2D eigenvalue weighted by Crippen LogP contribution is -2.64. The van der Waals surface area contributed by atoms with Gasteiger partial charge < -0.3 is 25.2 Å². The lowest BCUT2D eigenvalue weighted by molar-refractivity contribution is -0.271. The molecule has 0 aromatic carbocycles. The molecule has 16 heavy (non-hydrogen) atoms. The largest absolute Gasteiger partial charge is 0.394 e. The zero-order valence-corrected chi connectivity index (χ0v) is 9.65. The third-order valence-electron chi connectivity index (χ3n) is 3.10. The van der Waals surface area contributed by atoms with Crippen molar-refractivity contribution in [3.63, 3.8) is 0 Å². The highest BCUT2D eigenvalue weighted by molar-refractivity contribution is 4.93. The van der Waals surface area contributed by atoms with E-state index in [1.165, 1.54) is 0 Å². The molecule has 0 aliphatic carbocycles. The minimum atomic E-state index is -1.20. The van der Waals surface area contributed by atoms with Gasteiger partial charge in [-0.2, -0.15) is 0 Å². The molecule has 0 saturated carbocycles. The average molecular weight is 235 g/mol. The van der Waals surface area contributed by atoms with Crippen LogP contribution in [0.1, 0.15) is 13.8 Å². The van der Waals surface area contributed by atoms with Crippen molar-refractivity contribution < 1.29 is 25.2 Å². The van der Waals surface area contributed by atoms with Crippen LogP contribution in [-0.2, 0) is 4.74 Å². The van der Waals surface area contributed by atoms with Crippen molar-refractivity contribution >= 4 is 0 Å². The van der Waals surface area contributed by atoms with Gasteiger partial charge in [-0.05, 0) is 13.1 Å². The minimum Gasteiger partial charge on any atom is -0.394 e. The van der Waals surface area contributed by atoms with Crippen molar-refractivity contribution in [3.8, 4) is 0 Å². The number of likely N-dealkylation sites (N-methyl/N-ethyl adjacent to an activating group) is 1. The van der Waals surface area contributed by atoms with Crippen LogP contribution >= 0.6 is 0 Å². The van der Waals surface area contributed by atoms with Crippen molar-refractivity contribution in [3.05, 3.63) is 0 Å². The van der Waals surface area contributed by atoms with Gasteiger partial charge in [-0.3, -0.25) is 4.90 Å². The van der Waals surface area contributed by atoms with Crippen LogP contribution in [0.2, 0.25) is 0 Å². The fraction of sp³-hybridized carbons (Fsp3) is 1.00. The smallest absolute Gasteiger partial charge is 0.173 e. The van der Waals surface area contributed by atoms with E-state index in [9.17, 15) is 15.3 Å². The zero-order valence-electron chi connectivity index (χ0n) is 9.65. The zero-order chi connectivity index (χ0) is 12.3. The van der Waals surface area contributed by atoms with Crippen LogP contribution in [0, 0.1) is 0 Å². The summed E-state index contributed by atoms with van der Waals surface area (Å²) in [7, 11) is 0. The van der Waals surface area contributed by atoms with Gasteiger partial charge in [-0.25, -0.2) is 0 Å². The van der Waals surface area contributed by atoms with Crippen molar-refractivity contribution in [2.45, 2.75) is 44.5 Å². The molecule has 0 unspecified atom stereocenters. The van der Waals surface area contributed by atoms with Crippen molar-refractivity contribution in [1.82, 2.24) is 4.90 Å². The number of nitrogens with zero attached hydrogens (tertiary/aromatic N) is 1. The SMILES string of the molecule is CCN(CC)[C@H]1[C@@H](O)[C@H](O)[C@H](CO)O[C@@H]1O. The number of rotatable bonds is 4. The maximum atomic E-state index is 9.90. The Morgan fingerprint density at radius 2 is 1.62 bits per heavy atom. The van der Waals surface area contributed by atoms with Crippen LogP contribution in [-0.4, -0.2) is 75.7 Å². The molecule has 0 bridgehead atoms. The van der Waals surface area contributed by atoms with Crippen molar-refractivity contribution in [2.75, 3.05) is 19.7 Å². The minimum absolute atomic E-state index is 0.430. The van der Waals surface area contributed by atoms with Gasteiger partial charge in [0.05, 0.1) is 12.6 Å². The van der Waals surface area contributed by atoms with Crippen LogP contribution < -0.4 is 0 Å². The van der Waals surface area contributed by atoms with Crippen LogP contribution in [0.3, 0.4) is 0 Å². The molecule has 6 nitrogen and oxygen atoms in total. The van der Waals surface area contributed by atoms with Crippen molar-refractivity contribution in [2.24, 2.45) is 0 Å². The molecule has 5 atom stereocenters. The quantitative estimate of drug-likeness (QED) is 0.456. The molecule has 1 rings (SSSR count). The van der Waals surface area contributed by atoms with E-state index in [0.717, 1.165) is 0 Å². The first kappa shape index (κ1) is 13.8. The Morgan fingerprint density at radius 3 is 2.06 bits per heavy atom. The molecule has 0 aromatic heterocycles. The van der Waals surface area contributed by atoms with Crippen LogP contribution in [0.25, 0.3) is 0 Å². The summed E-state index contributed by atoms with van der Waals surface area (Å²) in [5.41, 5.74) is 0. The average Bonchev–Trinajstić information content (AvgIpc) is 2.29. The molecule has 96 valence electrons. The molecule has 0 spiro atoms. The Balaban J connectivity index is 2.78. The summed E-state index contributed by atoms with van der Waals surface area (Å²) < 4.78 is 5.07. The Morgan fingerprint density at radius 1 is 1.06 bits per heavy atom. The topological polar surface area (TPSA) is 93.4 Å². The first-order chi connectivity index (χ1) is 7.56. The highest BCUT2D eigenvalue weighted by Crippen LogP contribution is 2.23. The number of hydrogen-bond donors (Lipinski definition) is 4. The number of hydrogen-bond acceptors (Lipinski definition) is 6. The molecule has 0 amide bonds. The van der Waals surface area contributed by atoms with Crippen LogP contribution in [0.15, 0.2) is 0 Å². The molecule has 1 saturated heterocycles. The fourth-order valence-electron chi connectivity index (χ4n) is 2.12. The van der Waals surface area contributed by atoms with E-state index in [1.807, 2.05) is 18.7 Å². The summed E-state index contributed by atoms with van der Waals surface area (Å²) in [6, 6.07) is -0.659. The predicted octanol–water partition coefficient (Wildman–Crippen LogP) is -1.87. The normalized spacial score (nSPS) is 40.3. The fourth-order valence-corrected chi connectivity index (χ4v) is 2.12. The Labute approximate surface area is 95.1 Å². The van der Waals surface area contributed by atoms with Gasteiger partial charge in [0.1, 0.15) is 18.3 Å². The second-order valence-electron chi connectivity index (χ2n) is 3.94. The van der Waals surface area contributed by atoms with E-state index in [-0.39, 0.29) is 0 Å². The molecular weight excluding hydrogens is 214 g/mol. The van der Waals surface area contributed by atoms with E-state index < -0.39 is 37.3 Å². The van der Waals surface area contributed by atoms with E-state index >= 15 is 0 Å². The standard InChI is InChI=1S/C10H21NO5/c1-3-11(4-2)7-9(14)8(13)6(5-12)16-10(7)15/h6-10,12-15H,3-5H2,1-2H3/t6-,7-,8+,9+,10-/m0/s1. The third kappa shape index (κ3) is 2.53. The number of aliphatic hydroxyl groups is 4. The molecule has 1 aliphatic rings. The van der Waals surface area contributed by atoms with E-state index in [2.05, 4.69) is 0 Å². The third-order valence-corrected chi connectivity index (χ3v) is 3.10. The molecule has 0 aromatic rings. The van der Waals surface area contributed by atoms with Gasteiger partial charge in [0, 0.05) is 0 Å². The highest BCUT2D eigenvalue weighted by Gasteiger charge is 2.45. The maximum Gasteiger partial charge on any atom is 0.173 e. The summed E-state index contributed by atoms with van der Waals surface area (Å²) >= 11 is 0. The van der Waals surface area contributed by atoms with Crippen molar-refractivity contribution in [1.29, 1.82) is 0 Å². The molecule has 4 N–H and O–H groups in total. The maximum absolute atomic E-state index is 9.90. The van der Waals surface area contributed by atoms with Crippen LogP contribution in [0.5, 0.6) is 0 Å². The summed E-state index contributed by atoms with van der Waals surface area (Å²) in [6.07, 6.45) is -4.44. The van der Waals surface area contributed by atoms with E-state index in [0.29, 0.717) is 13.1 Å². The number of ether oxygens (including phenoxy) is 1. The monoisotopic (exact) mass is 235 g/mol. The summed E-state index contributed by atoms with van der Waals surface area (Å²) in [5.74, 6) is 0.